The van der Waals surface area contributed by atoms with Crippen molar-refractivity contribution in [3.05, 3.63) is 83.8 Å². The van der Waals surface area contributed by atoms with E-state index in [-0.39, 0.29) is 17.7 Å². The van der Waals surface area contributed by atoms with Crippen molar-refractivity contribution >= 4 is 17.2 Å². The standard InChI is InChI=1S/C21H18N2O3/c24-17-12-13(18-7-3-9-25-18)11-16-20(17)21(19-8-4-10-26-19)23-15-6-2-1-5-14(15)22-16/h1-10,13,21-23H,11-12H2/t13-,21-/m0/s1. The van der Waals surface area contributed by atoms with Gasteiger partial charge in [-0.1, -0.05) is 12.1 Å². The Morgan fingerprint density at radius 1 is 0.846 bits per heavy atom. The summed E-state index contributed by atoms with van der Waals surface area (Å²) >= 11 is 0. The third kappa shape index (κ3) is 2.44. The predicted molar refractivity (Wildman–Crippen MR) is 97.9 cm³/mol. The molecule has 3 aromatic rings. The molecule has 1 aliphatic heterocycles. The summed E-state index contributed by atoms with van der Waals surface area (Å²) < 4.78 is 11.2. The molecule has 2 aliphatic rings. The first kappa shape index (κ1) is 15.1. The average molecular weight is 346 g/mol. The molecule has 1 aliphatic carbocycles. The second-order valence-corrected chi connectivity index (χ2v) is 6.70. The molecule has 0 saturated carbocycles. The Morgan fingerprint density at radius 3 is 2.31 bits per heavy atom. The van der Waals surface area contributed by atoms with Crippen molar-refractivity contribution in [3.63, 3.8) is 0 Å². The van der Waals surface area contributed by atoms with Crippen LogP contribution < -0.4 is 10.6 Å². The Balaban J connectivity index is 1.62. The monoisotopic (exact) mass is 346 g/mol. The number of fused-ring (bicyclic) bond motifs is 1. The molecule has 2 N–H and O–H groups in total. The van der Waals surface area contributed by atoms with Crippen LogP contribution in [0.25, 0.3) is 0 Å². The lowest BCUT2D eigenvalue weighted by Gasteiger charge is -2.27. The van der Waals surface area contributed by atoms with Crippen LogP contribution in [0.1, 0.15) is 36.3 Å². The minimum Gasteiger partial charge on any atom is -0.469 e. The lowest BCUT2D eigenvalue weighted by molar-refractivity contribution is -0.116. The Bertz CT molecular complexity index is 971. The van der Waals surface area contributed by atoms with Gasteiger partial charge in [0.1, 0.15) is 17.6 Å². The lowest BCUT2D eigenvalue weighted by Crippen LogP contribution is -2.26. The first-order chi connectivity index (χ1) is 12.8. The molecule has 3 heterocycles. The zero-order valence-corrected chi connectivity index (χ0v) is 14.1. The number of Topliss-reactive ketones (excluding diaryl/α,β-unsaturated/α-hetero) is 1. The number of carbonyl (C=O) groups is 1. The van der Waals surface area contributed by atoms with Crippen LogP contribution in [0.2, 0.25) is 0 Å². The fourth-order valence-corrected chi connectivity index (χ4v) is 3.89. The van der Waals surface area contributed by atoms with Crippen molar-refractivity contribution in [1.29, 1.82) is 0 Å². The molecule has 5 rings (SSSR count). The van der Waals surface area contributed by atoms with Gasteiger partial charge in [-0.05, 0) is 42.8 Å². The normalized spacial score (nSPS) is 22.1. The molecular weight excluding hydrogens is 328 g/mol. The van der Waals surface area contributed by atoms with Gasteiger partial charge in [-0.2, -0.15) is 0 Å². The molecule has 0 fully saturated rings. The number of ketones is 1. The first-order valence-corrected chi connectivity index (χ1v) is 8.75. The summed E-state index contributed by atoms with van der Waals surface area (Å²) in [6.45, 7) is 0. The lowest BCUT2D eigenvalue weighted by atomic mass is 9.81. The molecule has 0 radical (unpaired) electrons. The number of benzene rings is 1. The van der Waals surface area contributed by atoms with E-state index in [0.717, 1.165) is 40.6 Å². The van der Waals surface area contributed by atoms with E-state index in [0.29, 0.717) is 6.42 Å². The molecule has 0 bridgehead atoms. The third-order valence-corrected chi connectivity index (χ3v) is 5.08. The molecule has 2 atom stereocenters. The highest BCUT2D eigenvalue weighted by molar-refractivity contribution is 6.01. The molecule has 5 nitrogen and oxygen atoms in total. The van der Waals surface area contributed by atoms with Crippen LogP contribution >= 0.6 is 0 Å². The number of para-hydroxylation sites is 2. The number of allylic oxidation sites excluding steroid dienone is 1. The molecule has 1 aromatic carbocycles. The molecular formula is C21H18N2O3. The Hall–Kier alpha value is -3.21. The minimum absolute atomic E-state index is 0.0475. The maximum absolute atomic E-state index is 13.1. The van der Waals surface area contributed by atoms with E-state index < -0.39 is 0 Å². The number of hydrogen-bond acceptors (Lipinski definition) is 5. The van der Waals surface area contributed by atoms with Gasteiger partial charge in [0.05, 0.1) is 23.9 Å². The fraction of sp³-hybridized carbons (Fsp3) is 0.190. The van der Waals surface area contributed by atoms with Gasteiger partial charge in [0.2, 0.25) is 0 Å². The van der Waals surface area contributed by atoms with Gasteiger partial charge in [0, 0.05) is 23.6 Å². The van der Waals surface area contributed by atoms with E-state index in [9.17, 15) is 4.79 Å². The van der Waals surface area contributed by atoms with Crippen LogP contribution in [0.5, 0.6) is 0 Å². The number of furan rings is 2. The highest BCUT2D eigenvalue weighted by Gasteiger charge is 2.37. The van der Waals surface area contributed by atoms with Crippen LogP contribution in [-0.4, -0.2) is 5.78 Å². The zero-order valence-electron chi connectivity index (χ0n) is 14.1. The van der Waals surface area contributed by atoms with Gasteiger partial charge >= 0.3 is 0 Å². The largest absolute Gasteiger partial charge is 0.469 e. The summed E-state index contributed by atoms with van der Waals surface area (Å²) in [5.41, 5.74) is 3.59. The van der Waals surface area contributed by atoms with Crippen LogP contribution in [0, 0.1) is 0 Å². The second kappa shape index (κ2) is 5.95. The molecule has 0 unspecified atom stereocenters. The van der Waals surface area contributed by atoms with E-state index in [1.807, 2.05) is 48.5 Å². The quantitative estimate of drug-likeness (QED) is 0.694. The molecule has 5 heteroatoms. The highest BCUT2D eigenvalue weighted by atomic mass is 16.3. The summed E-state index contributed by atoms with van der Waals surface area (Å²) in [7, 11) is 0. The van der Waals surface area contributed by atoms with Gasteiger partial charge < -0.3 is 19.5 Å². The summed E-state index contributed by atoms with van der Waals surface area (Å²) in [6.07, 6.45) is 4.46. The highest BCUT2D eigenvalue weighted by Crippen LogP contribution is 2.44. The van der Waals surface area contributed by atoms with E-state index in [1.54, 1.807) is 12.5 Å². The van der Waals surface area contributed by atoms with E-state index in [1.165, 1.54) is 0 Å². The van der Waals surface area contributed by atoms with E-state index >= 15 is 0 Å². The zero-order chi connectivity index (χ0) is 17.5. The maximum atomic E-state index is 13.1. The summed E-state index contributed by atoms with van der Waals surface area (Å²) in [4.78, 5) is 13.1. The number of rotatable bonds is 2. The van der Waals surface area contributed by atoms with E-state index in [4.69, 9.17) is 8.83 Å². The number of nitrogens with one attached hydrogen (secondary N) is 2. The molecule has 130 valence electrons. The number of anilines is 2. The SMILES string of the molecule is O=C1C[C@@H](c2ccco2)CC2=C1[C@H](c1ccco1)Nc1ccccc1N2. The third-order valence-electron chi connectivity index (χ3n) is 5.08. The van der Waals surface area contributed by atoms with Crippen molar-refractivity contribution in [2.24, 2.45) is 0 Å². The predicted octanol–water partition coefficient (Wildman–Crippen LogP) is 4.85. The van der Waals surface area contributed by atoms with E-state index in [2.05, 4.69) is 10.6 Å². The summed E-state index contributed by atoms with van der Waals surface area (Å²) in [5, 5.41) is 6.97. The molecule has 0 spiro atoms. The number of carbonyl (C=O) groups excluding carboxylic acids is 1. The van der Waals surface area contributed by atoms with Gasteiger partial charge in [0.25, 0.3) is 0 Å². The Labute approximate surface area is 150 Å². The second-order valence-electron chi connectivity index (χ2n) is 6.70. The number of hydrogen-bond donors (Lipinski definition) is 2. The molecule has 2 aromatic heterocycles. The van der Waals surface area contributed by atoms with Crippen LogP contribution in [-0.2, 0) is 4.79 Å². The average Bonchev–Trinajstić information content (AvgIpc) is 3.33. The van der Waals surface area contributed by atoms with Gasteiger partial charge in [-0.15, -0.1) is 0 Å². The van der Waals surface area contributed by atoms with Crippen LogP contribution in [0.3, 0.4) is 0 Å². The topological polar surface area (TPSA) is 67.4 Å². The minimum atomic E-state index is -0.304. The van der Waals surface area contributed by atoms with Gasteiger partial charge in [0.15, 0.2) is 5.78 Å². The first-order valence-electron chi connectivity index (χ1n) is 8.75. The Kier molecular flexibility index (Phi) is 3.45. The van der Waals surface area contributed by atoms with Crippen molar-refractivity contribution in [2.75, 3.05) is 10.6 Å². The van der Waals surface area contributed by atoms with Crippen LogP contribution in [0.15, 0.2) is 81.2 Å². The molecule has 26 heavy (non-hydrogen) atoms. The fourth-order valence-electron chi connectivity index (χ4n) is 3.89. The smallest absolute Gasteiger partial charge is 0.163 e. The van der Waals surface area contributed by atoms with Crippen molar-refractivity contribution < 1.29 is 13.6 Å². The van der Waals surface area contributed by atoms with Crippen molar-refractivity contribution in [2.45, 2.75) is 24.8 Å². The molecule has 0 saturated heterocycles. The van der Waals surface area contributed by atoms with Crippen LogP contribution in [0.4, 0.5) is 11.4 Å². The maximum Gasteiger partial charge on any atom is 0.163 e. The van der Waals surface area contributed by atoms with Gasteiger partial charge in [-0.25, -0.2) is 0 Å². The summed E-state index contributed by atoms with van der Waals surface area (Å²) in [5.74, 6) is 1.75. The van der Waals surface area contributed by atoms with Gasteiger partial charge in [-0.3, -0.25) is 4.79 Å². The van der Waals surface area contributed by atoms with Crippen molar-refractivity contribution in [3.8, 4) is 0 Å². The summed E-state index contributed by atoms with van der Waals surface area (Å²) in [6, 6.07) is 15.2. The molecule has 0 amide bonds. The Morgan fingerprint density at radius 2 is 1.58 bits per heavy atom. The van der Waals surface area contributed by atoms with Crippen molar-refractivity contribution in [1.82, 2.24) is 0 Å².